The number of carbonyl (C=O) groups is 3. The van der Waals surface area contributed by atoms with Gasteiger partial charge in [0.25, 0.3) is 0 Å². The molecule has 1 aromatic carbocycles. The number of benzene rings is 1. The molecule has 0 bridgehead atoms. The predicted octanol–water partition coefficient (Wildman–Crippen LogP) is 1.11. The highest BCUT2D eigenvalue weighted by atomic mass is 16.6. The summed E-state index contributed by atoms with van der Waals surface area (Å²) in [5, 5.41) is 2.38. The zero-order chi connectivity index (χ0) is 16.4. The van der Waals surface area contributed by atoms with Crippen molar-refractivity contribution in [3.05, 3.63) is 35.9 Å². The molecule has 0 saturated carbocycles. The second kappa shape index (κ2) is 9.38. The number of amides is 2. The first-order chi connectivity index (χ1) is 10.5. The Kier molecular flexibility index (Phi) is 7.45. The van der Waals surface area contributed by atoms with Crippen LogP contribution in [0.25, 0.3) is 0 Å². The number of ether oxygens (including phenoxy) is 2. The summed E-state index contributed by atoms with van der Waals surface area (Å²) in [4.78, 5) is 34.3. The molecule has 0 fully saturated rings. The molecule has 0 aliphatic heterocycles. The largest absolute Gasteiger partial charge is 0.464 e. The smallest absolute Gasteiger partial charge is 0.408 e. The van der Waals surface area contributed by atoms with E-state index in [0.29, 0.717) is 0 Å². The van der Waals surface area contributed by atoms with Gasteiger partial charge in [0.15, 0.2) is 0 Å². The number of rotatable bonds is 8. The van der Waals surface area contributed by atoms with Gasteiger partial charge in [-0.05, 0) is 18.9 Å². The monoisotopic (exact) mass is 308 g/mol. The highest BCUT2D eigenvalue weighted by Gasteiger charge is 2.23. The summed E-state index contributed by atoms with van der Waals surface area (Å²) in [6.45, 7) is 1.90. The minimum absolute atomic E-state index is 0.0392. The molecule has 2 amide bonds. The van der Waals surface area contributed by atoms with Crippen LogP contribution in [0.2, 0.25) is 0 Å². The van der Waals surface area contributed by atoms with Crippen molar-refractivity contribution in [1.29, 1.82) is 0 Å². The van der Waals surface area contributed by atoms with Crippen LogP contribution in [0, 0.1) is 0 Å². The third-order valence-corrected chi connectivity index (χ3v) is 2.76. The van der Waals surface area contributed by atoms with Gasteiger partial charge < -0.3 is 20.5 Å². The molecule has 7 nitrogen and oxygen atoms in total. The molecule has 3 N–H and O–H groups in total. The van der Waals surface area contributed by atoms with E-state index in [2.05, 4.69) is 5.32 Å². The zero-order valence-electron chi connectivity index (χ0n) is 12.4. The van der Waals surface area contributed by atoms with Gasteiger partial charge in [0.1, 0.15) is 12.6 Å². The summed E-state index contributed by atoms with van der Waals surface area (Å²) >= 11 is 0. The average molecular weight is 308 g/mol. The Morgan fingerprint density at radius 1 is 1.18 bits per heavy atom. The van der Waals surface area contributed by atoms with E-state index in [4.69, 9.17) is 15.2 Å². The van der Waals surface area contributed by atoms with Crippen LogP contribution in [0.15, 0.2) is 30.3 Å². The first-order valence-electron chi connectivity index (χ1n) is 6.95. The number of alkyl carbamates (subject to hydrolysis) is 1. The molecule has 0 heterocycles. The van der Waals surface area contributed by atoms with Crippen LogP contribution in [0.5, 0.6) is 0 Å². The summed E-state index contributed by atoms with van der Waals surface area (Å²) < 4.78 is 9.86. The Labute approximate surface area is 128 Å². The Morgan fingerprint density at radius 3 is 2.45 bits per heavy atom. The molecule has 1 rings (SSSR count). The first-order valence-corrected chi connectivity index (χ1v) is 6.95. The minimum atomic E-state index is -0.962. The van der Waals surface area contributed by atoms with Gasteiger partial charge in [0.2, 0.25) is 5.91 Å². The van der Waals surface area contributed by atoms with Crippen molar-refractivity contribution in [2.45, 2.75) is 32.4 Å². The van der Waals surface area contributed by atoms with Gasteiger partial charge in [0.05, 0.1) is 6.61 Å². The van der Waals surface area contributed by atoms with Crippen LogP contribution < -0.4 is 11.1 Å². The predicted molar refractivity (Wildman–Crippen MR) is 78.6 cm³/mol. The quantitative estimate of drug-likeness (QED) is 0.699. The van der Waals surface area contributed by atoms with Gasteiger partial charge in [-0.25, -0.2) is 9.59 Å². The van der Waals surface area contributed by atoms with Crippen LogP contribution in [-0.4, -0.2) is 30.6 Å². The van der Waals surface area contributed by atoms with E-state index in [1.165, 1.54) is 0 Å². The fourth-order valence-corrected chi connectivity index (χ4v) is 1.69. The van der Waals surface area contributed by atoms with Crippen molar-refractivity contribution in [2.24, 2.45) is 5.73 Å². The molecule has 7 heteroatoms. The Balaban J connectivity index is 2.50. The number of nitrogens with two attached hydrogens (primary N) is 1. The molecule has 0 saturated heterocycles. The maximum absolute atomic E-state index is 11.7. The fourth-order valence-electron chi connectivity index (χ4n) is 1.69. The standard InChI is InChI=1S/C15H20N2O5/c1-2-21-14(19)12(8-9-13(16)18)17-15(20)22-10-11-6-4-3-5-7-11/h3-7,12H,2,8-10H2,1H3,(H2,16,18)(H,17,20)/t12-/m1/s1. The summed E-state index contributed by atoms with van der Waals surface area (Å²) in [5.74, 6) is -1.19. The number of hydrogen-bond donors (Lipinski definition) is 2. The van der Waals surface area contributed by atoms with Crippen molar-refractivity contribution in [3.8, 4) is 0 Å². The summed E-state index contributed by atoms with van der Waals surface area (Å²) in [7, 11) is 0. The number of hydrogen-bond acceptors (Lipinski definition) is 5. The number of nitrogens with one attached hydrogen (secondary N) is 1. The van der Waals surface area contributed by atoms with Crippen LogP contribution in [-0.2, 0) is 25.7 Å². The second-order valence-electron chi connectivity index (χ2n) is 4.52. The minimum Gasteiger partial charge on any atom is -0.464 e. The fraction of sp³-hybridized carbons (Fsp3) is 0.400. The van der Waals surface area contributed by atoms with E-state index in [0.717, 1.165) is 5.56 Å². The topological polar surface area (TPSA) is 108 Å². The lowest BCUT2D eigenvalue weighted by atomic mass is 10.1. The van der Waals surface area contributed by atoms with E-state index in [1.54, 1.807) is 6.92 Å². The van der Waals surface area contributed by atoms with E-state index in [9.17, 15) is 14.4 Å². The molecule has 120 valence electrons. The third kappa shape index (κ3) is 6.74. The van der Waals surface area contributed by atoms with Crippen molar-refractivity contribution in [2.75, 3.05) is 6.61 Å². The molecular formula is C15H20N2O5. The number of carbonyl (C=O) groups excluding carboxylic acids is 3. The molecule has 0 aromatic heterocycles. The van der Waals surface area contributed by atoms with Crippen molar-refractivity contribution in [3.63, 3.8) is 0 Å². The van der Waals surface area contributed by atoms with Gasteiger partial charge in [-0.3, -0.25) is 4.79 Å². The first kappa shape index (κ1) is 17.5. The van der Waals surface area contributed by atoms with Gasteiger partial charge in [-0.1, -0.05) is 30.3 Å². The van der Waals surface area contributed by atoms with Crippen molar-refractivity contribution in [1.82, 2.24) is 5.32 Å². The molecule has 1 atom stereocenters. The van der Waals surface area contributed by atoms with Crippen molar-refractivity contribution < 1.29 is 23.9 Å². The third-order valence-electron chi connectivity index (χ3n) is 2.76. The summed E-state index contributed by atoms with van der Waals surface area (Å²) in [6.07, 6.45) is -0.733. The normalized spacial score (nSPS) is 11.3. The molecule has 0 spiro atoms. The second-order valence-corrected chi connectivity index (χ2v) is 4.52. The molecule has 22 heavy (non-hydrogen) atoms. The molecule has 0 radical (unpaired) electrons. The SMILES string of the molecule is CCOC(=O)[C@@H](CCC(N)=O)NC(=O)OCc1ccccc1. The van der Waals surface area contributed by atoms with Crippen LogP contribution in [0.3, 0.4) is 0 Å². The molecular weight excluding hydrogens is 288 g/mol. The van der Waals surface area contributed by atoms with Crippen LogP contribution in [0.4, 0.5) is 4.79 Å². The van der Waals surface area contributed by atoms with Gasteiger partial charge in [-0.15, -0.1) is 0 Å². The van der Waals surface area contributed by atoms with Crippen molar-refractivity contribution >= 4 is 18.0 Å². The van der Waals surface area contributed by atoms with E-state index >= 15 is 0 Å². The maximum Gasteiger partial charge on any atom is 0.408 e. The maximum atomic E-state index is 11.7. The summed E-state index contributed by atoms with van der Waals surface area (Å²) in [5.41, 5.74) is 5.87. The molecule has 0 aliphatic carbocycles. The van der Waals surface area contributed by atoms with E-state index in [-0.39, 0.29) is 26.1 Å². The highest BCUT2D eigenvalue weighted by Crippen LogP contribution is 2.03. The number of primary amides is 1. The van der Waals surface area contributed by atoms with Crippen LogP contribution >= 0.6 is 0 Å². The molecule has 1 aromatic rings. The lowest BCUT2D eigenvalue weighted by molar-refractivity contribution is -0.145. The molecule has 0 aliphatic rings. The van der Waals surface area contributed by atoms with Gasteiger partial charge >= 0.3 is 12.1 Å². The highest BCUT2D eigenvalue weighted by molar-refractivity contribution is 5.82. The van der Waals surface area contributed by atoms with E-state index < -0.39 is 24.0 Å². The van der Waals surface area contributed by atoms with Crippen LogP contribution in [0.1, 0.15) is 25.3 Å². The average Bonchev–Trinajstić information content (AvgIpc) is 2.50. The molecule has 0 unspecified atom stereocenters. The Morgan fingerprint density at radius 2 is 1.86 bits per heavy atom. The van der Waals surface area contributed by atoms with Gasteiger partial charge in [0, 0.05) is 6.42 Å². The Bertz CT molecular complexity index is 504. The Hall–Kier alpha value is -2.57. The lowest BCUT2D eigenvalue weighted by Gasteiger charge is -2.16. The number of esters is 1. The summed E-state index contributed by atoms with van der Waals surface area (Å²) in [6, 6.07) is 8.16. The van der Waals surface area contributed by atoms with Gasteiger partial charge in [-0.2, -0.15) is 0 Å². The lowest BCUT2D eigenvalue weighted by Crippen LogP contribution is -2.42. The zero-order valence-corrected chi connectivity index (χ0v) is 12.4. The van der Waals surface area contributed by atoms with E-state index in [1.807, 2.05) is 30.3 Å².